The second-order valence-electron chi connectivity index (χ2n) is 6.59. The third-order valence-electron chi connectivity index (χ3n) is 4.86. The number of rotatable bonds is 5. The van der Waals surface area contributed by atoms with E-state index in [0.717, 1.165) is 37.4 Å². The zero-order valence-corrected chi connectivity index (χ0v) is 15.2. The molecule has 1 amide bonds. The van der Waals surface area contributed by atoms with Crippen LogP contribution in [0, 0.1) is 11.6 Å². The van der Waals surface area contributed by atoms with Gasteiger partial charge in [-0.05, 0) is 29.8 Å². The van der Waals surface area contributed by atoms with E-state index in [0.29, 0.717) is 12.1 Å². The van der Waals surface area contributed by atoms with E-state index in [-0.39, 0.29) is 18.0 Å². The summed E-state index contributed by atoms with van der Waals surface area (Å²) in [5.74, 6) is -1.36. The molecule has 2 aromatic carbocycles. The minimum Gasteiger partial charge on any atom is -0.392 e. The molecule has 5 nitrogen and oxygen atoms in total. The number of piperazine rings is 1. The first kappa shape index (κ1) is 19.3. The number of aliphatic hydroxyl groups excluding tert-OH is 1. The monoisotopic (exact) mass is 375 g/mol. The van der Waals surface area contributed by atoms with Crippen LogP contribution in [-0.4, -0.2) is 49.1 Å². The van der Waals surface area contributed by atoms with Crippen molar-refractivity contribution in [3.63, 3.8) is 0 Å². The molecule has 0 spiro atoms. The van der Waals surface area contributed by atoms with Crippen molar-refractivity contribution in [3.8, 4) is 0 Å². The van der Waals surface area contributed by atoms with E-state index in [4.69, 9.17) is 5.11 Å². The smallest absolute Gasteiger partial charge is 0.253 e. The van der Waals surface area contributed by atoms with Crippen molar-refractivity contribution in [3.05, 3.63) is 64.7 Å². The summed E-state index contributed by atoms with van der Waals surface area (Å²) in [5, 5.41) is 11.5. The van der Waals surface area contributed by atoms with Gasteiger partial charge in [-0.25, -0.2) is 8.78 Å². The number of benzene rings is 2. The van der Waals surface area contributed by atoms with Crippen molar-refractivity contribution in [2.45, 2.75) is 13.2 Å². The normalized spacial score (nSPS) is 15.0. The zero-order chi connectivity index (χ0) is 19.4. The van der Waals surface area contributed by atoms with Crippen molar-refractivity contribution in [1.29, 1.82) is 0 Å². The Hall–Kier alpha value is -2.51. The zero-order valence-electron chi connectivity index (χ0n) is 15.2. The summed E-state index contributed by atoms with van der Waals surface area (Å²) in [6.07, 6.45) is 0. The van der Waals surface area contributed by atoms with Gasteiger partial charge in [-0.2, -0.15) is 0 Å². The molecule has 0 saturated carbocycles. The Morgan fingerprint density at radius 3 is 2.41 bits per heavy atom. The topological polar surface area (TPSA) is 55.8 Å². The number of anilines is 1. The fourth-order valence-electron chi connectivity index (χ4n) is 3.26. The summed E-state index contributed by atoms with van der Waals surface area (Å²) >= 11 is 0. The van der Waals surface area contributed by atoms with E-state index in [9.17, 15) is 13.6 Å². The summed E-state index contributed by atoms with van der Waals surface area (Å²) in [6.45, 7) is 3.29. The van der Waals surface area contributed by atoms with E-state index < -0.39 is 11.7 Å². The van der Waals surface area contributed by atoms with Gasteiger partial charge in [0.05, 0.1) is 12.2 Å². The summed E-state index contributed by atoms with van der Waals surface area (Å²) in [4.78, 5) is 15.9. The van der Waals surface area contributed by atoms with Gasteiger partial charge in [-0.1, -0.05) is 12.1 Å². The predicted molar refractivity (Wildman–Crippen MR) is 99.6 cm³/mol. The molecule has 2 N–H and O–H groups in total. The Balaban J connectivity index is 1.59. The standard InChI is InChI=1S/C20H23F2N3O2/c1-23-20(27)17-5-4-16(11-19(17)22)25-8-6-24(7-9-25)12-14-2-3-15(13-26)18(21)10-14/h2-5,10-11,26H,6-9,12-13H2,1H3,(H,23,27). The van der Waals surface area contributed by atoms with Gasteiger partial charge < -0.3 is 15.3 Å². The van der Waals surface area contributed by atoms with Crippen molar-refractivity contribution in [2.75, 3.05) is 38.1 Å². The molecule has 1 heterocycles. The van der Waals surface area contributed by atoms with Crippen LogP contribution in [0.15, 0.2) is 36.4 Å². The van der Waals surface area contributed by atoms with Crippen LogP contribution in [0.2, 0.25) is 0 Å². The van der Waals surface area contributed by atoms with E-state index in [1.807, 2.05) is 6.07 Å². The second kappa shape index (κ2) is 8.45. The molecule has 27 heavy (non-hydrogen) atoms. The van der Waals surface area contributed by atoms with Gasteiger partial charge in [-0.15, -0.1) is 0 Å². The number of nitrogens with one attached hydrogen (secondary N) is 1. The van der Waals surface area contributed by atoms with E-state index in [1.165, 1.54) is 25.2 Å². The molecule has 1 fully saturated rings. The van der Waals surface area contributed by atoms with Crippen LogP contribution in [0.4, 0.5) is 14.5 Å². The molecule has 3 rings (SSSR count). The third kappa shape index (κ3) is 4.43. The number of amides is 1. The molecule has 2 aromatic rings. The average Bonchev–Trinajstić information content (AvgIpc) is 2.68. The predicted octanol–water partition coefficient (Wildman–Crippen LogP) is 2.14. The van der Waals surface area contributed by atoms with E-state index in [1.54, 1.807) is 12.1 Å². The van der Waals surface area contributed by atoms with E-state index >= 15 is 0 Å². The van der Waals surface area contributed by atoms with Gasteiger partial charge in [0.25, 0.3) is 5.91 Å². The fourth-order valence-corrected chi connectivity index (χ4v) is 3.26. The first-order valence-electron chi connectivity index (χ1n) is 8.89. The Kier molecular flexibility index (Phi) is 6.03. The SMILES string of the molecule is CNC(=O)c1ccc(N2CCN(Cc3ccc(CO)c(F)c3)CC2)cc1F. The quantitative estimate of drug-likeness (QED) is 0.841. The first-order valence-corrected chi connectivity index (χ1v) is 8.89. The van der Waals surface area contributed by atoms with Gasteiger partial charge in [0.2, 0.25) is 0 Å². The summed E-state index contributed by atoms with van der Waals surface area (Å²) in [6, 6.07) is 9.55. The van der Waals surface area contributed by atoms with Crippen molar-refractivity contribution in [1.82, 2.24) is 10.2 Å². The Morgan fingerprint density at radius 1 is 1.07 bits per heavy atom. The van der Waals surface area contributed by atoms with E-state index in [2.05, 4.69) is 15.1 Å². The van der Waals surface area contributed by atoms with Gasteiger partial charge in [0, 0.05) is 51.0 Å². The molecule has 144 valence electrons. The molecule has 0 atom stereocenters. The third-order valence-corrected chi connectivity index (χ3v) is 4.86. The summed E-state index contributed by atoms with van der Waals surface area (Å²) in [7, 11) is 1.47. The minimum absolute atomic E-state index is 0.0354. The molecule has 0 aromatic heterocycles. The molecule has 1 aliphatic heterocycles. The molecule has 1 aliphatic rings. The number of hydrogen-bond acceptors (Lipinski definition) is 4. The Bertz CT molecular complexity index is 821. The number of aliphatic hydroxyl groups is 1. The lowest BCUT2D eigenvalue weighted by Crippen LogP contribution is -2.46. The second-order valence-corrected chi connectivity index (χ2v) is 6.59. The van der Waals surface area contributed by atoms with Crippen LogP contribution < -0.4 is 10.2 Å². The van der Waals surface area contributed by atoms with Crippen LogP contribution in [0.3, 0.4) is 0 Å². The van der Waals surface area contributed by atoms with Crippen LogP contribution in [0.5, 0.6) is 0 Å². The highest BCUT2D eigenvalue weighted by Gasteiger charge is 2.19. The van der Waals surface area contributed by atoms with Crippen LogP contribution >= 0.6 is 0 Å². The number of hydrogen-bond donors (Lipinski definition) is 2. The lowest BCUT2D eigenvalue weighted by Gasteiger charge is -2.36. The molecular formula is C20H23F2N3O2. The number of carbonyl (C=O) groups excluding carboxylic acids is 1. The molecule has 0 bridgehead atoms. The van der Waals surface area contributed by atoms with Crippen LogP contribution in [-0.2, 0) is 13.2 Å². The molecule has 0 unspecified atom stereocenters. The first-order chi connectivity index (χ1) is 13.0. The van der Waals surface area contributed by atoms with Gasteiger partial charge in [0.1, 0.15) is 11.6 Å². The van der Waals surface area contributed by atoms with Crippen molar-refractivity contribution < 1.29 is 18.7 Å². The largest absolute Gasteiger partial charge is 0.392 e. The molecule has 0 radical (unpaired) electrons. The van der Waals surface area contributed by atoms with Crippen LogP contribution in [0.1, 0.15) is 21.5 Å². The van der Waals surface area contributed by atoms with Gasteiger partial charge >= 0.3 is 0 Å². The number of carbonyl (C=O) groups is 1. The molecule has 1 saturated heterocycles. The highest BCUT2D eigenvalue weighted by molar-refractivity contribution is 5.94. The van der Waals surface area contributed by atoms with Crippen LogP contribution in [0.25, 0.3) is 0 Å². The highest BCUT2D eigenvalue weighted by Crippen LogP contribution is 2.21. The summed E-state index contributed by atoms with van der Waals surface area (Å²) < 4.78 is 27.9. The average molecular weight is 375 g/mol. The number of nitrogens with zero attached hydrogens (tertiary/aromatic N) is 2. The molecule has 0 aliphatic carbocycles. The maximum absolute atomic E-state index is 14.2. The Labute approximate surface area is 157 Å². The fraction of sp³-hybridized carbons (Fsp3) is 0.350. The van der Waals surface area contributed by atoms with Crippen molar-refractivity contribution >= 4 is 11.6 Å². The van der Waals surface area contributed by atoms with Gasteiger partial charge in [-0.3, -0.25) is 9.69 Å². The lowest BCUT2D eigenvalue weighted by molar-refractivity contribution is 0.0959. The highest BCUT2D eigenvalue weighted by atomic mass is 19.1. The van der Waals surface area contributed by atoms with Gasteiger partial charge in [0.15, 0.2) is 0 Å². The summed E-state index contributed by atoms with van der Waals surface area (Å²) in [5.41, 5.74) is 1.94. The number of halogens is 2. The minimum atomic E-state index is -0.534. The lowest BCUT2D eigenvalue weighted by atomic mass is 10.1. The van der Waals surface area contributed by atoms with Crippen molar-refractivity contribution in [2.24, 2.45) is 0 Å². The molecule has 7 heteroatoms. The Morgan fingerprint density at radius 2 is 1.81 bits per heavy atom. The maximum atomic E-state index is 14.2. The maximum Gasteiger partial charge on any atom is 0.253 e. The molecular weight excluding hydrogens is 352 g/mol.